The Morgan fingerprint density at radius 1 is 1.05 bits per heavy atom. The van der Waals surface area contributed by atoms with E-state index in [4.69, 9.17) is 11.6 Å². The van der Waals surface area contributed by atoms with Crippen LogP contribution in [0.25, 0.3) is 0 Å². The standard InChI is InChI=1S/C16H16BrClFN/c1-10(13-5-3-4-6-15(13)18)20-11(2)14-9-12(17)7-8-16(14)19/h3-11,20H,1-2H3. The maximum atomic E-state index is 13.9. The van der Waals surface area contributed by atoms with E-state index in [0.29, 0.717) is 5.56 Å². The summed E-state index contributed by atoms with van der Waals surface area (Å²) in [6, 6.07) is 12.6. The van der Waals surface area contributed by atoms with E-state index in [2.05, 4.69) is 21.2 Å². The molecule has 2 atom stereocenters. The summed E-state index contributed by atoms with van der Waals surface area (Å²) < 4.78 is 14.7. The monoisotopic (exact) mass is 355 g/mol. The molecule has 2 unspecified atom stereocenters. The number of benzene rings is 2. The van der Waals surface area contributed by atoms with Crippen LogP contribution >= 0.6 is 27.5 Å². The molecule has 4 heteroatoms. The zero-order valence-electron chi connectivity index (χ0n) is 11.3. The summed E-state index contributed by atoms with van der Waals surface area (Å²) >= 11 is 9.56. The lowest BCUT2D eigenvalue weighted by Crippen LogP contribution is -2.23. The van der Waals surface area contributed by atoms with Gasteiger partial charge in [-0.2, -0.15) is 0 Å². The molecule has 106 valence electrons. The molecule has 0 fully saturated rings. The van der Waals surface area contributed by atoms with Crippen LogP contribution in [-0.2, 0) is 0 Å². The molecule has 1 N–H and O–H groups in total. The van der Waals surface area contributed by atoms with Gasteiger partial charge in [-0.3, -0.25) is 0 Å². The quantitative estimate of drug-likeness (QED) is 0.746. The number of rotatable bonds is 4. The average molecular weight is 357 g/mol. The summed E-state index contributed by atoms with van der Waals surface area (Å²) in [6.45, 7) is 3.96. The molecule has 0 saturated heterocycles. The van der Waals surface area contributed by atoms with Crippen molar-refractivity contribution in [2.24, 2.45) is 0 Å². The fourth-order valence-corrected chi connectivity index (χ4v) is 2.91. The van der Waals surface area contributed by atoms with Crippen molar-refractivity contribution >= 4 is 27.5 Å². The topological polar surface area (TPSA) is 12.0 Å². The van der Waals surface area contributed by atoms with Crippen LogP contribution in [0.3, 0.4) is 0 Å². The van der Waals surface area contributed by atoms with Gasteiger partial charge in [-0.1, -0.05) is 45.7 Å². The number of nitrogens with one attached hydrogen (secondary N) is 1. The molecule has 0 aliphatic rings. The fraction of sp³-hybridized carbons (Fsp3) is 0.250. The lowest BCUT2D eigenvalue weighted by atomic mass is 10.0. The van der Waals surface area contributed by atoms with Crippen LogP contribution in [0.1, 0.15) is 37.1 Å². The molecule has 0 radical (unpaired) electrons. The Bertz CT molecular complexity index is 603. The van der Waals surface area contributed by atoms with Crippen molar-refractivity contribution in [2.75, 3.05) is 0 Å². The summed E-state index contributed by atoms with van der Waals surface area (Å²) in [6.07, 6.45) is 0. The highest BCUT2D eigenvalue weighted by molar-refractivity contribution is 9.10. The minimum atomic E-state index is -0.209. The van der Waals surface area contributed by atoms with Gasteiger partial charge in [-0.25, -0.2) is 4.39 Å². The molecular weight excluding hydrogens is 341 g/mol. The lowest BCUT2D eigenvalue weighted by Gasteiger charge is -2.22. The predicted molar refractivity (Wildman–Crippen MR) is 85.5 cm³/mol. The Balaban J connectivity index is 2.17. The van der Waals surface area contributed by atoms with Gasteiger partial charge in [0.15, 0.2) is 0 Å². The second-order valence-electron chi connectivity index (χ2n) is 4.80. The number of hydrogen-bond donors (Lipinski definition) is 1. The van der Waals surface area contributed by atoms with Gasteiger partial charge in [0.2, 0.25) is 0 Å². The highest BCUT2D eigenvalue weighted by Crippen LogP contribution is 2.27. The van der Waals surface area contributed by atoms with Crippen LogP contribution in [0.5, 0.6) is 0 Å². The SMILES string of the molecule is CC(NC(C)c1ccccc1Cl)c1cc(Br)ccc1F. The van der Waals surface area contributed by atoms with Gasteiger partial charge in [0.05, 0.1) is 0 Å². The molecule has 0 saturated carbocycles. The van der Waals surface area contributed by atoms with Crippen LogP contribution in [0, 0.1) is 5.82 Å². The van der Waals surface area contributed by atoms with Crippen molar-refractivity contribution in [3.05, 3.63) is 68.9 Å². The third-order valence-electron chi connectivity index (χ3n) is 3.30. The van der Waals surface area contributed by atoms with E-state index in [-0.39, 0.29) is 17.9 Å². The van der Waals surface area contributed by atoms with Crippen molar-refractivity contribution in [1.29, 1.82) is 0 Å². The minimum absolute atomic E-state index is 0.0390. The first kappa shape index (κ1) is 15.5. The number of hydrogen-bond acceptors (Lipinski definition) is 1. The molecule has 20 heavy (non-hydrogen) atoms. The maximum absolute atomic E-state index is 13.9. The smallest absolute Gasteiger partial charge is 0.128 e. The van der Waals surface area contributed by atoms with E-state index in [1.54, 1.807) is 12.1 Å². The molecule has 0 heterocycles. The molecular formula is C16H16BrClFN. The Labute approximate surface area is 132 Å². The molecule has 2 rings (SSSR count). The van der Waals surface area contributed by atoms with E-state index in [9.17, 15) is 4.39 Å². The number of halogens is 3. The van der Waals surface area contributed by atoms with Crippen molar-refractivity contribution in [3.63, 3.8) is 0 Å². The van der Waals surface area contributed by atoms with Crippen molar-refractivity contribution in [1.82, 2.24) is 5.32 Å². The fourth-order valence-electron chi connectivity index (χ4n) is 2.23. The molecule has 0 aliphatic carbocycles. The first-order valence-electron chi connectivity index (χ1n) is 6.44. The molecule has 0 aliphatic heterocycles. The largest absolute Gasteiger partial charge is 0.303 e. The molecule has 0 bridgehead atoms. The van der Waals surface area contributed by atoms with Crippen LogP contribution in [0.2, 0.25) is 5.02 Å². The summed E-state index contributed by atoms with van der Waals surface area (Å²) in [4.78, 5) is 0. The molecule has 2 aromatic rings. The van der Waals surface area contributed by atoms with Crippen molar-refractivity contribution in [3.8, 4) is 0 Å². The van der Waals surface area contributed by atoms with Gasteiger partial charge in [0.1, 0.15) is 5.82 Å². The van der Waals surface area contributed by atoms with E-state index in [1.165, 1.54) is 6.07 Å². The van der Waals surface area contributed by atoms with Gasteiger partial charge >= 0.3 is 0 Å². The normalized spacial score (nSPS) is 14.1. The Morgan fingerprint density at radius 3 is 2.40 bits per heavy atom. The Morgan fingerprint density at radius 2 is 1.70 bits per heavy atom. The zero-order valence-corrected chi connectivity index (χ0v) is 13.7. The molecule has 0 amide bonds. The van der Waals surface area contributed by atoms with Gasteiger partial charge < -0.3 is 5.32 Å². The third-order valence-corrected chi connectivity index (χ3v) is 4.13. The summed E-state index contributed by atoms with van der Waals surface area (Å²) in [5.74, 6) is -0.209. The molecule has 1 nitrogen and oxygen atoms in total. The Kier molecular flexibility index (Phi) is 5.19. The predicted octanol–water partition coefficient (Wildman–Crippen LogP) is 5.65. The van der Waals surface area contributed by atoms with Crippen molar-refractivity contribution < 1.29 is 4.39 Å². The third kappa shape index (κ3) is 3.60. The van der Waals surface area contributed by atoms with Gasteiger partial charge in [0, 0.05) is 27.1 Å². The summed E-state index contributed by atoms with van der Waals surface area (Å²) in [5.41, 5.74) is 1.65. The molecule has 2 aromatic carbocycles. The van der Waals surface area contributed by atoms with Gasteiger partial charge in [-0.15, -0.1) is 0 Å². The second kappa shape index (κ2) is 6.70. The second-order valence-corrected chi connectivity index (χ2v) is 6.12. The first-order valence-corrected chi connectivity index (χ1v) is 7.61. The maximum Gasteiger partial charge on any atom is 0.128 e. The van der Waals surface area contributed by atoms with E-state index in [0.717, 1.165) is 15.1 Å². The Hall–Kier alpha value is -0.900. The van der Waals surface area contributed by atoms with Crippen LogP contribution in [0.15, 0.2) is 46.9 Å². The summed E-state index contributed by atoms with van der Waals surface area (Å²) in [7, 11) is 0. The summed E-state index contributed by atoms with van der Waals surface area (Å²) in [5, 5.41) is 4.09. The van der Waals surface area contributed by atoms with E-state index < -0.39 is 0 Å². The van der Waals surface area contributed by atoms with Gasteiger partial charge in [-0.05, 0) is 43.7 Å². The highest BCUT2D eigenvalue weighted by Gasteiger charge is 2.16. The van der Waals surface area contributed by atoms with E-state index >= 15 is 0 Å². The molecule has 0 aromatic heterocycles. The van der Waals surface area contributed by atoms with Crippen LogP contribution in [0.4, 0.5) is 4.39 Å². The molecule has 0 spiro atoms. The zero-order chi connectivity index (χ0) is 14.7. The minimum Gasteiger partial charge on any atom is -0.303 e. The average Bonchev–Trinajstić information content (AvgIpc) is 2.41. The first-order chi connectivity index (χ1) is 9.49. The van der Waals surface area contributed by atoms with Crippen molar-refractivity contribution in [2.45, 2.75) is 25.9 Å². The van der Waals surface area contributed by atoms with E-state index in [1.807, 2.05) is 38.1 Å². The lowest BCUT2D eigenvalue weighted by molar-refractivity contribution is 0.474. The highest BCUT2D eigenvalue weighted by atomic mass is 79.9. The van der Waals surface area contributed by atoms with Crippen LogP contribution < -0.4 is 5.32 Å². The van der Waals surface area contributed by atoms with Gasteiger partial charge in [0.25, 0.3) is 0 Å². The van der Waals surface area contributed by atoms with Crippen LogP contribution in [-0.4, -0.2) is 0 Å².